The van der Waals surface area contributed by atoms with Gasteiger partial charge in [0.15, 0.2) is 0 Å². The minimum atomic E-state index is -0.531. The van der Waals surface area contributed by atoms with Crippen LogP contribution in [-0.2, 0) is 0 Å². The summed E-state index contributed by atoms with van der Waals surface area (Å²) in [5, 5.41) is 11.5. The van der Waals surface area contributed by atoms with E-state index in [4.69, 9.17) is 11.6 Å². The van der Waals surface area contributed by atoms with E-state index in [2.05, 4.69) is 0 Å². The number of anilines is 1. The molecule has 6 nitrogen and oxygen atoms in total. The predicted octanol–water partition coefficient (Wildman–Crippen LogP) is 1.04. The Balaban J connectivity index is 3.04. The summed E-state index contributed by atoms with van der Waals surface area (Å²) in [4.78, 5) is 9.69. The van der Waals surface area contributed by atoms with Crippen LogP contribution >= 0.6 is 0 Å². The highest BCUT2D eigenvalue weighted by Gasteiger charge is 2.03. The minimum absolute atomic E-state index is 0.531. The number of hydrogen-bond donors (Lipinski definition) is 2. The number of hydrazine groups is 1. The average molecular weight is 220 g/mol. The fraction of sp³-hybridized carbons (Fsp3) is 0. The van der Waals surface area contributed by atoms with Gasteiger partial charge in [-0.25, -0.2) is 5.84 Å². The van der Waals surface area contributed by atoms with Gasteiger partial charge in [-0.15, -0.1) is 0 Å². The summed E-state index contributed by atoms with van der Waals surface area (Å²) < 4.78 is 0. The number of rotatable bonds is 4. The second-order valence-corrected chi connectivity index (χ2v) is 2.91. The average Bonchev–Trinajstić information content (AvgIpc) is 2.27. The van der Waals surface area contributed by atoms with Gasteiger partial charge in [-0.2, -0.15) is 0 Å². The molecule has 0 heterocycles. The van der Waals surface area contributed by atoms with Crippen LogP contribution in [0.25, 0.3) is 6.08 Å². The Labute approximate surface area is 92.6 Å². The number of benzene rings is 1. The molecule has 1 aromatic rings. The van der Waals surface area contributed by atoms with Crippen molar-refractivity contribution in [3.63, 3.8) is 0 Å². The number of nitrogens with two attached hydrogens (primary N) is 2. The first kappa shape index (κ1) is 11.7. The summed E-state index contributed by atoms with van der Waals surface area (Å²) in [6, 6.07) is 7.01. The molecule has 0 atom stereocenters. The number of hydrogen-bond acceptors (Lipinski definition) is 5. The van der Waals surface area contributed by atoms with Crippen molar-refractivity contribution in [2.45, 2.75) is 0 Å². The lowest BCUT2D eigenvalue weighted by molar-refractivity contribution is -0.400. The Morgan fingerprint density at radius 2 is 2.06 bits per heavy atom. The predicted molar refractivity (Wildman–Crippen MR) is 62.5 cm³/mol. The van der Waals surface area contributed by atoms with Crippen LogP contribution < -0.4 is 16.6 Å². The molecular formula is C10H12N4O2. The molecule has 0 aromatic heterocycles. The van der Waals surface area contributed by atoms with Crippen LogP contribution in [0.15, 0.2) is 42.9 Å². The zero-order valence-corrected chi connectivity index (χ0v) is 8.48. The van der Waals surface area contributed by atoms with Gasteiger partial charge in [-0.1, -0.05) is 18.2 Å². The van der Waals surface area contributed by atoms with Crippen molar-refractivity contribution in [2.24, 2.45) is 11.6 Å². The number of nitrogens with zero attached hydrogens (tertiary/aromatic N) is 2. The molecule has 4 N–H and O–H groups in total. The molecule has 0 aliphatic heterocycles. The normalized spacial score (nSPS) is 11.1. The van der Waals surface area contributed by atoms with E-state index in [1.54, 1.807) is 24.3 Å². The summed E-state index contributed by atoms with van der Waals surface area (Å²) in [6.45, 7) is 0. The van der Waals surface area contributed by atoms with Crippen LogP contribution in [0.3, 0.4) is 0 Å². The van der Waals surface area contributed by atoms with E-state index >= 15 is 0 Å². The molecule has 0 saturated carbocycles. The van der Waals surface area contributed by atoms with Gasteiger partial charge < -0.3 is 5.73 Å². The second-order valence-electron chi connectivity index (χ2n) is 2.91. The van der Waals surface area contributed by atoms with Crippen molar-refractivity contribution in [2.75, 3.05) is 5.01 Å². The zero-order valence-electron chi connectivity index (χ0n) is 8.48. The zero-order chi connectivity index (χ0) is 12.0. The molecule has 0 bridgehead atoms. The molecule has 6 heteroatoms. The highest BCUT2D eigenvalue weighted by atomic mass is 16.6. The van der Waals surface area contributed by atoms with Crippen molar-refractivity contribution in [3.05, 3.63) is 58.5 Å². The fourth-order valence-corrected chi connectivity index (χ4v) is 1.18. The molecule has 0 aliphatic carbocycles. The second kappa shape index (κ2) is 5.52. The standard InChI is InChI=1S/C10H12N4O2/c11-6-8-13(12)10-4-2-1-3-9(10)5-7-14(15)16/h1-8H,11-12H2/b7-5+,8-6-. The van der Waals surface area contributed by atoms with Crippen LogP contribution in [0.4, 0.5) is 5.69 Å². The lowest BCUT2D eigenvalue weighted by Crippen LogP contribution is -2.25. The molecule has 0 spiro atoms. The summed E-state index contributed by atoms with van der Waals surface area (Å²) in [5.41, 5.74) is 6.48. The minimum Gasteiger partial charge on any atom is -0.403 e. The number of nitro groups is 1. The van der Waals surface area contributed by atoms with Crippen molar-refractivity contribution in [1.82, 2.24) is 0 Å². The Bertz CT molecular complexity index is 429. The van der Waals surface area contributed by atoms with E-state index < -0.39 is 4.92 Å². The summed E-state index contributed by atoms with van der Waals surface area (Å²) >= 11 is 0. The quantitative estimate of drug-likeness (QED) is 0.449. The Morgan fingerprint density at radius 3 is 2.69 bits per heavy atom. The lowest BCUT2D eigenvalue weighted by Gasteiger charge is -2.15. The van der Waals surface area contributed by atoms with Gasteiger partial charge in [0.2, 0.25) is 6.20 Å². The van der Waals surface area contributed by atoms with Gasteiger partial charge in [0.05, 0.1) is 10.6 Å². The van der Waals surface area contributed by atoms with Gasteiger partial charge in [0.1, 0.15) is 0 Å². The molecule has 0 saturated heterocycles. The van der Waals surface area contributed by atoms with E-state index in [9.17, 15) is 10.1 Å². The van der Waals surface area contributed by atoms with Crippen LogP contribution in [0.5, 0.6) is 0 Å². The van der Waals surface area contributed by atoms with E-state index in [1.807, 2.05) is 0 Å². The van der Waals surface area contributed by atoms with Crippen LogP contribution in [-0.4, -0.2) is 4.92 Å². The maximum atomic E-state index is 10.2. The molecule has 1 aromatic carbocycles. The summed E-state index contributed by atoms with van der Waals surface area (Å²) in [7, 11) is 0. The molecule has 1 rings (SSSR count). The molecule has 0 fully saturated rings. The Kier molecular flexibility index (Phi) is 4.05. The summed E-state index contributed by atoms with van der Waals surface area (Å²) in [6.07, 6.45) is 4.98. The first-order valence-corrected chi connectivity index (χ1v) is 4.48. The topological polar surface area (TPSA) is 98.4 Å². The third-order valence-corrected chi connectivity index (χ3v) is 1.84. The van der Waals surface area contributed by atoms with Gasteiger partial charge in [-0.05, 0) is 6.07 Å². The van der Waals surface area contributed by atoms with Crippen molar-refractivity contribution in [3.8, 4) is 0 Å². The van der Waals surface area contributed by atoms with Crippen molar-refractivity contribution in [1.29, 1.82) is 0 Å². The monoisotopic (exact) mass is 220 g/mol. The van der Waals surface area contributed by atoms with Crippen LogP contribution in [0, 0.1) is 10.1 Å². The molecule has 84 valence electrons. The number of para-hydroxylation sites is 1. The molecule has 0 aliphatic rings. The van der Waals surface area contributed by atoms with Gasteiger partial charge in [0.25, 0.3) is 0 Å². The Morgan fingerprint density at radius 1 is 1.38 bits per heavy atom. The van der Waals surface area contributed by atoms with E-state index in [1.165, 1.54) is 23.5 Å². The van der Waals surface area contributed by atoms with E-state index in [0.29, 0.717) is 11.3 Å². The molecule has 16 heavy (non-hydrogen) atoms. The highest BCUT2D eigenvalue weighted by Crippen LogP contribution is 2.19. The van der Waals surface area contributed by atoms with E-state index in [-0.39, 0.29) is 0 Å². The first-order chi connectivity index (χ1) is 7.65. The van der Waals surface area contributed by atoms with Gasteiger partial charge in [0, 0.05) is 24.0 Å². The lowest BCUT2D eigenvalue weighted by atomic mass is 10.1. The van der Waals surface area contributed by atoms with Gasteiger partial charge in [-0.3, -0.25) is 15.1 Å². The Hall–Kier alpha value is -2.34. The maximum absolute atomic E-state index is 10.2. The SMILES string of the molecule is N/C=C\N(N)c1ccccc1/C=C/[N+](=O)[O-]. The van der Waals surface area contributed by atoms with Crippen LogP contribution in [0.2, 0.25) is 0 Å². The van der Waals surface area contributed by atoms with Crippen molar-refractivity contribution >= 4 is 11.8 Å². The molecule has 0 radical (unpaired) electrons. The fourth-order valence-electron chi connectivity index (χ4n) is 1.18. The summed E-state index contributed by atoms with van der Waals surface area (Å²) in [5.74, 6) is 5.68. The third-order valence-electron chi connectivity index (χ3n) is 1.84. The van der Waals surface area contributed by atoms with Crippen LogP contribution in [0.1, 0.15) is 5.56 Å². The largest absolute Gasteiger partial charge is 0.403 e. The smallest absolute Gasteiger partial charge is 0.235 e. The highest BCUT2D eigenvalue weighted by molar-refractivity contribution is 5.67. The third kappa shape index (κ3) is 3.10. The van der Waals surface area contributed by atoms with E-state index in [0.717, 1.165) is 6.20 Å². The maximum Gasteiger partial charge on any atom is 0.235 e. The van der Waals surface area contributed by atoms with Crippen molar-refractivity contribution < 1.29 is 4.92 Å². The van der Waals surface area contributed by atoms with Gasteiger partial charge >= 0.3 is 0 Å². The molecular weight excluding hydrogens is 208 g/mol. The molecule has 0 amide bonds. The molecule has 0 unspecified atom stereocenters. The first-order valence-electron chi connectivity index (χ1n) is 4.48.